The van der Waals surface area contributed by atoms with Crippen LogP contribution in [0.25, 0.3) is 10.9 Å². The van der Waals surface area contributed by atoms with Gasteiger partial charge in [-0.3, -0.25) is 9.89 Å². The number of ether oxygens (including phenoxy) is 1. The van der Waals surface area contributed by atoms with Crippen LogP contribution in [0.5, 0.6) is 5.75 Å². The maximum Gasteiger partial charge on any atom is 0.219 e. The standard InChI is InChI=1S/C18H25N4O2/c1-4-21(3)12-18-16-11-15(5-6-17(16)19-20-18)24-14-7-9-22(10-8-14)13(2)23/h5-6,11,14H,1,4,7-10,12H2,2-3H3,(H,19,20). The number of likely N-dealkylation sites (tertiary alicyclic amines) is 1. The topological polar surface area (TPSA) is 61.5 Å². The SMILES string of the molecule is [CH2]CN(C)Cc1n[nH]c2ccc(OC3CCN(C(C)=O)CC3)cc12. The Morgan fingerprint density at radius 2 is 2.21 bits per heavy atom. The summed E-state index contributed by atoms with van der Waals surface area (Å²) in [7, 11) is 2.02. The maximum atomic E-state index is 11.4. The molecule has 3 rings (SSSR count). The molecule has 1 amide bonds. The summed E-state index contributed by atoms with van der Waals surface area (Å²) in [5.41, 5.74) is 2.02. The summed E-state index contributed by atoms with van der Waals surface area (Å²) in [6, 6.07) is 6.05. The zero-order valence-corrected chi connectivity index (χ0v) is 14.4. The summed E-state index contributed by atoms with van der Waals surface area (Å²) in [6.07, 6.45) is 1.91. The van der Waals surface area contributed by atoms with Crippen LogP contribution in [-0.4, -0.2) is 58.7 Å². The highest BCUT2D eigenvalue weighted by molar-refractivity contribution is 5.82. The van der Waals surface area contributed by atoms with Crippen LogP contribution in [-0.2, 0) is 11.3 Å². The van der Waals surface area contributed by atoms with Crippen LogP contribution in [0.1, 0.15) is 25.5 Å². The summed E-state index contributed by atoms with van der Waals surface area (Å²) in [6.45, 7) is 8.55. The van der Waals surface area contributed by atoms with Gasteiger partial charge in [-0.1, -0.05) is 0 Å². The highest BCUT2D eigenvalue weighted by Gasteiger charge is 2.22. The van der Waals surface area contributed by atoms with Crippen LogP contribution in [0.3, 0.4) is 0 Å². The van der Waals surface area contributed by atoms with E-state index < -0.39 is 0 Å². The van der Waals surface area contributed by atoms with Crippen LogP contribution in [0.2, 0.25) is 0 Å². The van der Waals surface area contributed by atoms with E-state index in [4.69, 9.17) is 4.74 Å². The molecule has 0 saturated carbocycles. The average Bonchev–Trinajstić information content (AvgIpc) is 2.97. The lowest BCUT2D eigenvalue weighted by Gasteiger charge is -2.31. The normalized spacial score (nSPS) is 16.1. The van der Waals surface area contributed by atoms with Gasteiger partial charge in [-0.25, -0.2) is 0 Å². The predicted octanol–water partition coefficient (Wildman–Crippen LogP) is 2.22. The largest absolute Gasteiger partial charge is 0.490 e. The van der Waals surface area contributed by atoms with Gasteiger partial charge in [0.1, 0.15) is 11.9 Å². The van der Waals surface area contributed by atoms with Crippen LogP contribution in [0.15, 0.2) is 18.2 Å². The van der Waals surface area contributed by atoms with E-state index in [1.807, 2.05) is 24.1 Å². The Morgan fingerprint density at radius 1 is 1.46 bits per heavy atom. The molecule has 1 aromatic carbocycles. The highest BCUT2D eigenvalue weighted by atomic mass is 16.5. The molecular formula is C18H25N4O2. The molecule has 1 saturated heterocycles. The molecule has 0 bridgehead atoms. The zero-order chi connectivity index (χ0) is 17.1. The van der Waals surface area contributed by atoms with Crippen LogP contribution >= 0.6 is 0 Å². The minimum absolute atomic E-state index is 0.146. The van der Waals surface area contributed by atoms with Gasteiger partial charge in [-0.2, -0.15) is 5.10 Å². The number of benzene rings is 1. The fourth-order valence-corrected chi connectivity index (χ4v) is 3.06. The van der Waals surface area contributed by atoms with E-state index in [0.29, 0.717) is 0 Å². The second-order valence-electron chi connectivity index (χ2n) is 6.44. The second kappa shape index (κ2) is 7.21. The molecule has 1 aliphatic heterocycles. The van der Waals surface area contributed by atoms with Gasteiger partial charge < -0.3 is 14.5 Å². The van der Waals surface area contributed by atoms with Crippen molar-refractivity contribution in [3.05, 3.63) is 30.8 Å². The van der Waals surface area contributed by atoms with Crippen LogP contribution in [0.4, 0.5) is 0 Å². The Morgan fingerprint density at radius 3 is 2.88 bits per heavy atom. The predicted molar refractivity (Wildman–Crippen MR) is 93.7 cm³/mol. The lowest BCUT2D eigenvalue weighted by molar-refractivity contribution is -0.130. The third-order valence-corrected chi connectivity index (χ3v) is 4.60. The lowest BCUT2D eigenvalue weighted by Crippen LogP contribution is -2.40. The summed E-state index contributed by atoms with van der Waals surface area (Å²) >= 11 is 0. The molecule has 1 aromatic heterocycles. The molecule has 129 valence electrons. The van der Waals surface area contributed by atoms with E-state index in [1.54, 1.807) is 6.92 Å². The van der Waals surface area contributed by atoms with Gasteiger partial charge in [0.25, 0.3) is 0 Å². The quantitative estimate of drug-likeness (QED) is 0.914. The van der Waals surface area contributed by atoms with Crippen molar-refractivity contribution >= 4 is 16.8 Å². The number of fused-ring (bicyclic) bond motifs is 1. The van der Waals surface area contributed by atoms with Gasteiger partial charge in [0.05, 0.1) is 11.2 Å². The maximum absolute atomic E-state index is 11.4. The first kappa shape index (κ1) is 16.8. The zero-order valence-electron chi connectivity index (χ0n) is 14.4. The van der Waals surface area contributed by atoms with E-state index in [9.17, 15) is 4.79 Å². The average molecular weight is 329 g/mol. The molecule has 2 heterocycles. The molecule has 6 nitrogen and oxygen atoms in total. The van der Waals surface area contributed by atoms with Crippen molar-refractivity contribution in [3.8, 4) is 5.75 Å². The molecule has 0 aliphatic carbocycles. The van der Waals surface area contributed by atoms with E-state index in [0.717, 1.165) is 61.4 Å². The van der Waals surface area contributed by atoms with Crippen molar-refractivity contribution < 1.29 is 9.53 Å². The first-order valence-corrected chi connectivity index (χ1v) is 8.43. The number of aromatic amines is 1. The number of hydrogen-bond donors (Lipinski definition) is 1. The number of aromatic nitrogens is 2. The Labute approximate surface area is 142 Å². The fourth-order valence-electron chi connectivity index (χ4n) is 3.06. The number of nitrogens with zero attached hydrogens (tertiary/aromatic N) is 3. The number of carbonyl (C=O) groups is 1. The number of amides is 1. The number of hydrogen-bond acceptors (Lipinski definition) is 4. The first-order valence-electron chi connectivity index (χ1n) is 8.43. The fraction of sp³-hybridized carbons (Fsp3) is 0.500. The van der Waals surface area contributed by atoms with Crippen molar-refractivity contribution in [2.45, 2.75) is 32.4 Å². The summed E-state index contributed by atoms with van der Waals surface area (Å²) in [4.78, 5) is 15.4. The smallest absolute Gasteiger partial charge is 0.219 e. The molecule has 1 radical (unpaired) electrons. The van der Waals surface area contributed by atoms with Gasteiger partial charge >= 0.3 is 0 Å². The van der Waals surface area contributed by atoms with E-state index in [2.05, 4.69) is 28.1 Å². The molecule has 1 N–H and O–H groups in total. The van der Waals surface area contributed by atoms with E-state index in [-0.39, 0.29) is 12.0 Å². The molecule has 24 heavy (non-hydrogen) atoms. The molecule has 2 aromatic rings. The van der Waals surface area contributed by atoms with E-state index in [1.165, 1.54) is 0 Å². The van der Waals surface area contributed by atoms with Crippen molar-refractivity contribution in [3.63, 3.8) is 0 Å². The highest BCUT2D eigenvalue weighted by Crippen LogP contribution is 2.25. The number of piperidine rings is 1. The lowest BCUT2D eigenvalue weighted by atomic mass is 10.1. The van der Waals surface area contributed by atoms with Gasteiger partial charge in [-0.05, 0) is 38.7 Å². The first-order chi connectivity index (χ1) is 11.6. The van der Waals surface area contributed by atoms with Gasteiger partial charge in [-0.15, -0.1) is 0 Å². The van der Waals surface area contributed by atoms with E-state index >= 15 is 0 Å². The number of nitrogens with one attached hydrogen (secondary N) is 1. The van der Waals surface area contributed by atoms with Gasteiger partial charge in [0.15, 0.2) is 0 Å². The molecule has 0 unspecified atom stereocenters. The Bertz CT molecular complexity index is 704. The molecule has 6 heteroatoms. The van der Waals surface area contributed by atoms with Crippen molar-refractivity contribution in [1.29, 1.82) is 0 Å². The number of rotatable bonds is 5. The van der Waals surface area contributed by atoms with Gasteiger partial charge in [0.2, 0.25) is 5.91 Å². The van der Waals surface area contributed by atoms with Crippen LogP contribution in [0, 0.1) is 6.92 Å². The number of H-pyrrole nitrogens is 1. The Kier molecular flexibility index (Phi) is 5.04. The van der Waals surface area contributed by atoms with Crippen molar-refractivity contribution in [2.75, 3.05) is 26.7 Å². The molecule has 1 aliphatic rings. The third-order valence-electron chi connectivity index (χ3n) is 4.60. The van der Waals surface area contributed by atoms with Gasteiger partial charge in [0, 0.05) is 44.8 Å². The summed E-state index contributed by atoms with van der Waals surface area (Å²) in [5, 5.41) is 8.57. The molecule has 0 atom stereocenters. The molecule has 1 fully saturated rings. The minimum Gasteiger partial charge on any atom is -0.490 e. The monoisotopic (exact) mass is 329 g/mol. The third kappa shape index (κ3) is 3.70. The number of carbonyl (C=O) groups excluding carboxylic acids is 1. The second-order valence-corrected chi connectivity index (χ2v) is 6.44. The van der Waals surface area contributed by atoms with Crippen molar-refractivity contribution in [1.82, 2.24) is 20.0 Å². The summed E-state index contributed by atoms with van der Waals surface area (Å²) in [5.74, 6) is 1.01. The molecular weight excluding hydrogens is 304 g/mol. The molecule has 0 spiro atoms. The Hall–Kier alpha value is -2.08. The Balaban J connectivity index is 1.69. The van der Waals surface area contributed by atoms with Crippen LogP contribution < -0.4 is 4.74 Å². The van der Waals surface area contributed by atoms with Crippen molar-refractivity contribution in [2.24, 2.45) is 0 Å². The minimum atomic E-state index is 0.146. The summed E-state index contributed by atoms with van der Waals surface area (Å²) < 4.78 is 6.14.